The summed E-state index contributed by atoms with van der Waals surface area (Å²) in [6, 6.07) is 0. The van der Waals surface area contributed by atoms with E-state index >= 15 is 0 Å². The largest absolute Gasteiger partial charge is 0.298 e. The van der Waals surface area contributed by atoms with E-state index in [1.165, 1.54) is 0 Å². The van der Waals surface area contributed by atoms with Crippen LogP contribution >= 0.6 is 0 Å². The Morgan fingerprint density at radius 1 is 1.40 bits per heavy atom. The number of carbonyl (C=O) groups excluding carboxylic acids is 1. The Kier molecular flexibility index (Phi) is 3.03. The Hall–Kier alpha value is -0.370. The van der Waals surface area contributed by atoms with Crippen LogP contribution in [0, 0.1) is 0 Å². The van der Waals surface area contributed by atoms with Gasteiger partial charge in [-0.05, 0) is 27.9 Å². The van der Waals surface area contributed by atoms with Gasteiger partial charge in [0, 0.05) is 6.42 Å². The summed E-state index contributed by atoms with van der Waals surface area (Å²) < 4.78 is 0. The maximum Gasteiger partial charge on any atom is 0.152 e. The second-order valence-corrected chi connectivity index (χ2v) is 3.23. The molecule has 0 aliphatic heterocycles. The first-order chi connectivity index (χ1) is 4.42. The van der Waals surface area contributed by atoms with E-state index in [0.717, 1.165) is 0 Å². The summed E-state index contributed by atoms with van der Waals surface area (Å²) in [4.78, 5) is 13.2. The van der Waals surface area contributed by atoms with E-state index in [-0.39, 0.29) is 11.3 Å². The van der Waals surface area contributed by atoms with E-state index in [9.17, 15) is 4.79 Å². The van der Waals surface area contributed by atoms with Crippen molar-refractivity contribution in [1.82, 2.24) is 4.90 Å². The third-order valence-corrected chi connectivity index (χ3v) is 2.12. The molecule has 0 saturated heterocycles. The van der Waals surface area contributed by atoms with E-state index in [1.54, 1.807) is 0 Å². The minimum atomic E-state index is -0.297. The van der Waals surface area contributed by atoms with Crippen molar-refractivity contribution in [2.45, 2.75) is 32.7 Å². The molecular weight excluding hydrogens is 126 g/mol. The molecule has 0 unspecified atom stereocenters. The maximum absolute atomic E-state index is 11.2. The fraction of sp³-hybridized carbons (Fsp3) is 0.875. The molecule has 0 spiro atoms. The van der Waals surface area contributed by atoms with Gasteiger partial charge in [-0.2, -0.15) is 0 Å². The second kappa shape index (κ2) is 3.15. The average Bonchev–Trinajstić information content (AvgIpc) is 1.86. The van der Waals surface area contributed by atoms with Crippen molar-refractivity contribution in [3.63, 3.8) is 0 Å². The van der Waals surface area contributed by atoms with Crippen molar-refractivity contribution < 1.29 is 4.79 Å². The van der Waals surface area contributed by atoms with Gasteiger partial charge in [0.2, 0.25) is 0 Å². The number of rotatable bonds is 3. The first-order valence-electron chi connectivity index (χ1n) is 3.63. The summed E-state index contributed by atoms with van der Waals surface area (Å²) in [6.45, 7) is 5.78. The summed E-state index contributed by atoms with van der Waals surface area (Å²) >= 11 is 0. The Balaban J connectivity index is 4.24. The normalized spacial score (nSPS) is 12.2. The summed E-state index contributed by atoms with van der Waals surface area (Å²) in [7, 11) is 3.85. The second-order valence-electron chi connectivity index (χ2n) is 3.23. The van der Waals surface area contributed by atoms with Crippen LogP contribution in [0.1, 0.15) is 27.2 Å². The van der Waals surface area contributed by atoms with Gasteiger partial charge in [-0.15, -0.1) is 0 Å². The number of carbonyl (C=O) groups is 1. The van der Waals surface area contributed by atoms with Crippen molar-refractivity contribution in [1.29, 1.82) is 0 Å². The van der Waals surface area contributed by atoms with Crippen LogP contribution in [-0.2, 0) is 4.79 Å². The topological polar surface area (TPSA) is 20.3 Å². The third-order valence-electron chi connectivity index (χ3n) is 2.12. The molecule has 0 atom stereocenters. The lowest BCUT2D eigenvalue weighted by molar-refractivity contribution is -0.127. The van der Waals surface area contributed by atoms with E-state index < -0.39 is 0 Å². The van der Waals surface area contributed by atoms with Crippen LogP contribution in [0.3, 0.4) is 0 Å². The zero-order chi connectivity index (χ0) is 8.36. The first kappa shape index (κ1) is 9.63. The number of nitrogens with zero attached hydrogens (tertiary/aromatic N) is 1. The number of hydrogen-bond acceptors (Lipinski definition) is 2. The van der Waals surface area contributed by atoms with Gasteiger partial charge in [-0.1, -0.05) is 6.92 Å². The molecule has 2 nitrogen and oxygen atoms in total. The van der Waals surface area contributed by atoms with Crippen LogP contribution < -0.4 is 0 Å². The molecule has 0 heterocycles. The number of likely N-dealkylation sites (N-methyl/N-ethyl adjacent to an activating group) is 1. The number of Topliss-reactive ketones (excluding diaryl/α,β-unsaturated/α-hetero) is 1. The fourth-order valence-electron chi connectivity index (χ4n) is 0.682. The van der Waals surface area contributed by atoms with Crippen LogP contribution in [0.25, 0.3) is 0 Å². The van der Waals surface area contributed by atoms with Crippen LogP contribution in [0.4, 0.5) is 0 Å². The standard InChI is InChI=1S/C8H17NO/c1-6-7(10)8(2,3)9(4)5/h6H2,1-5H3. The average molecular weight is 143 g/mol. The van der Waals surface area contributed by atoms with E-state index in [0.29, 0.717) is 6.42 Å². The molecule has 0 fully saturated rings. The SMILES string of the molecule is CCC(=O)C(C)(C)N(C)C. The Morgan fingerprint density at radius 2 is 1.80 bits per heavy atom. The van der Waals surface area contributed by atoms with Gasteiger partial charge in [0.15, 0.2) is 5.78 Å². The van der Waals surface area contributed by atoms with Crippen molar-refractivity contribution in [2.75, 3.05) is 14.1 Å². The lowest BCUT2D eigenvalue weighted by Crippen LogP contribution is -2.45. The Bertz CT molecular complexity index is 127. The maximum atomic E-state index is 11.2. The molecule has 0 N–H and O–H groups in total. The number of ketones is 1. The highest BCUT2D eigenvalue weighted by atomic mass is 16.1. The molecule has 0 bridgehead atoms. The first-order valence-corrected chi connectivity index (χ1v) is 3.63. The molecule has 0 aromatic heterocycles. The van der Waals surface area contributed by atoms with Gasteiger partial charge < -0.3 is 0 Å². The molecule has 0 saturated carbocycles. The van der Waals surface area contributed by atoms with Crippen molar-refractivity contribution in [2.24, 2.45) is 0 Å². The Morgan fingerprint density at radius 3 is 1.90 bits per heavy atom. The summed E-state index contributed by atoms with van der Waals surface area (Å²) in [5.74, 6) is 0.289. The summed E-state index contributed by atoms with van der Waals surface area (Å²) in [5, 5.41) is 0. The predicted octanol–water partition coefficient (Wildman–Crippen LogP) is 1.31. The molecule has 60 valence electrons. The molecular formula is C8H17NO. The molecule has 0 aromatic rings. The van der Waals surface area contributed by atoms with Crippen LogP contribution in [-0.4, -0.2) is 30.3 Å². The van der Waals surface area contributed by atoms with Gasteiger partial charge in [-0.3, -0.25) is 9.69 Å². The lowest BCUT2D eigenvalue weighted by atomic mass is 9.96. The zero-order valence-electron chi connectivity index (χ0n) is 7.56. The summed E-state index contributed by atoms with van der Waals surface area (Å²) in [5.41, 5.74) is -0.297. The van der Waals surface area contributed by atoms with Gasteiger partial charge in [0.25, 0.3) is 0 Å². The van der Waals surface area contributed by atoms with Gasteiger partial charge in [-0.25, -0.2) is 0 Å². The molecule has 0 aliphatic carbocycles. The van der Waals surface area contributed by atoms with Crippen LogP contribution in [0.2, 0.25) is 0 Å². The summed E-state index contributed by atoms with van der Waals surface area (Å²) in [6.07, 6.45) is 0.616. The molecule has 0 radical (unpaired) electrons. The van der Waals surface area contributed by atoms with Gasteiger partial charge in [0.05, 0.1) is 5.54 Å². The van der Waals surface area contributed by atoms with Gasteiger partial charge >= 0.3 is 0 Å². The highest BCUT2D eigenvalue weighted by Crippen LogP contribution is 2.12. The monoisotopic (exact) mass is 143 g/mol. The molecule has 0 amide bonds. The van der Waals surface area contributed by atoms with Crippen LogP contribution in [0.5, 0.6) is 0 Å². The minimum absolute atomic E-state index is 0.289. The van der Waals surface area contributed by atoms with E-state index in [2.05, 4.69) is 0 Å². The molecule has 2 heteroatoms. The van der Waals surface area contributed by atoms with Gasteiger partial charge in [0.1, 0.15) is 0 Å². The molecule has 10 heavy (non-hydrogen) atoms. The van der Waals surface area contributed by atoms with Crippen molar-refractivity contribution in [3.05, 3.63) is 0 Å². The highest BCUT2D eigenvalue weighted by Gasteiger charge is 2.27. The predicted molar refractivity (Wildman–Crippen MR) is 43.1 cm³/mol. The van der Waals surface area contributed by atoms with E-state index in [1.807, 2.05) is 39.8 Å². The minimum Gasteiger partial charge on any atom is -0.298 e. The van der Waals surface area contributed by atoms with Crippen molar-refractivity contribution >= 4 is 5.78 Å². The number of hydrogen-bond donors (Lipinski definition) is 0. The molecule has 0 aromatic carbocycles. The smallest absolute Gasteiger partial charge is 0.152 e. The third kappa shape index (κ3) is 1.81. The lowest BCUT2D eigenvalue weighted by Gasteiger charge is -2.30. The Labute approximate surface area is 63.2 Å². The zero-order valence-corrected chi connectivity index (χ0v) is 7.56. The molecule has 0 aliphatic rings. The molecule has 0 rings (SSSR count). The quantitative estimate of drug-likeness (QED) is 0.593. The fourth-order valence-corrected chi connectivity index (χ4v) is 0.682. The highest BCUT2D eigenvalue weighted by molar-refractivity contribution is 5.87. The van der Waals surface area contributed by atoms with Crippen molar-refractivity contribution in [3.8, 4) is 0 Å². The van der Waals surface area contributed by atoms with Crippen LogP contribution in [0.15, 0.2) is 0 Å². The van der Waals surface area contributed by atoms with E-state index in [4.69, 9.17) is 0 Å².